The molecule has 0 aliphatic rings. The molecule has 0 aromatic heterocycles. The van der Waals surface area contributed by atoms with E-state index in [1.165, 1.54) is 6.92 Å². The second-order valence-corrected chi connectivity index (χ2v) is 5.32. The molecular formula is C14H18BrNO3. The third-order valence-electron chi connectivity index (χ3n) is 3.02. The van der Waals surface area contributed by atoms with E-state index in [0.29, 0.717) is 12.8 Å². The van der Waals surface area contributed by atoms with Crippen molar-refractivity contribution in [3.63, 3.8) is 0 Å². The number of amides is 1. The minimum Gasteiger partial charge on any atom is -0.480 e. The summed E-state index contributed by atoms with van der Waals surface area (Å²) >= 11 is 3.45. The van der Waals surface area contributed by atoms with Crippen molar-refractivity contribution in [3.05, 3.63) is 34.3 Å². The van der Waals surface area contributed by atoms with Crippen LogP contribution >= 0.6 is 15.9 Å². The molecule has 1 unspecified atom stereocenters. The maximum Gasteiger partial charge on any atom is 0.325 e. The largest absolute Gasteiger partial charge is 0.480 e. The van der Waals surface area contributed by atoms with E-state index >= 15 is 0 Å². The number of hydrogen-bond acceptors (Lipinski definition) is 2. The van der Waals surface area contributed by atoms with E-state index in [4.69, 9.17) is 5.11 Å². The molecule has 0 aliphatic carbocycles. The molecular weight excluding hydrogens is 310 g/mol. The lowest BCUT2D eigenvalue weighted by molar-refractivity contribution is -0.141. The fourth-order valence-electron chi connectivity index (χ4n) is 1.74. The van der Waals surface area contributed by atoms with E-state index in [2.05, 4.69) is 21.2 Å². The van der Waals surface area contributed by atoms with Gasteiger partial charge < -0.3 is 10.4 Å². The summed E-state index contributed by atoms with van der Waals surface area (Å²) < 4.78 is 0.965. The van der Waals surface area contributed by atoms with E-state index in [0.717, 1.165) is 10.0 Å². The van der Waals surface area contributed by atoms with Gasteiger partial charge in [-0.3, -0.25) is 9.59 Å². The van der Waals surface area contributed by atoms with Gasteiger partial charge in [0.25, 0.3) is 0 Å². The summed E-state index contributed by atoms with van der Waals surface area (Å²) in [6.07, 6.45) is 1.26. The summed E-state index contributed by atoms with van der Waals surface area (Å²) in [5.74, 6) is -1.46. The fourth-order valence-corrected chi connectivity index (χ4v) is 2.19. The van der Waals surface area contributed by atoms with Crippen LogP contribution in [0.4, 0.5) is 0 Å². The van der Waals surface area contributed by atoms with Crippen molar-refractivity contribution < 1.29 is 14.7 Å². The highest BCUT2D eigenvalue weighted by Gasteiger charge is 2.21. The number of carbonyl (C=O) groups excluding carboxylic acids is 1. The molecule has 0 radical (unpaired) electrons. The van der Waals surface area contributed by atoms with Gasteiger partial charge in [0.05, 0.1) is 0 Å². The Morgan fingerprint density at radius 2 is 2.00 bits per heavy atom. The molecule has 0 spiro atoms. The van der Waals surface area contributed by atoms with Crippen LogP contribution in [0.1, 0.15) is 25.8 Å². The van der Waals surface area contributed by atoms with Crippen LogP contribution in [0.2, 0.25) is 0 Å². The van der Waals surface area contributed by atoms with Gasteiger partial charge in [-0.1, -0.05) is 41.1 Å². The Balaban J connectivity index is 2.71. The van der Waals surface area contributed by atoms with Crippen molar-refractivity contribution in [2.45, 2.75) is 32.7 Å². The number of benzene rings is 1. The molecule has 1 aromatic rings. The van der Waals surface area contributed by atoms with Gasteiger partial charge in [0.15, 0.2) is 0 Å². The second-order valence-electron chi connectivity index (χ2n) is 4.47. The van der Waals surface area contributed by atoms with Crippen LogP contribution in [-0.2, 0) is 16.0 Å². The maximum absolute atomic E-state index is 12.0. The molecule has 0 fully saturated rings. The number of rotatable bonds is 6. The first-order chi connectivity index (χ1) is 8.95. The van der Waals surface area contributed by atoms with Crippen LogP contribution in [0, 0.1) is 5.92 Å². The number of carbonyl (C=O) groups is 2. The summed E-state index contributed by atoms with van der Waals surface area (Å²) in [6, 6.07) is 6.87. The SMILES string of the molecule is CCC(Cc1ccccc1Br)C(=O)N[C@H](C)C(=O)O. The van der Waals surface area contributed by atoms with Crippen molar-refractivity contribution in [2.24, 2.45) is 5.92 Å². The summed E-state index contributed by atoms with van der Waals surface area (Å²) in [7, 11) is 0. The first kappa shape index (κ1) is 15.7. The maximum atomic E-state index is 12.0. The predicted molar refractivity (Wildman–Crippen MR) is 76.9 cm³/mol. The Morgan fingerprint density at radius 1 is 1.37 bits per heavy atom. The van der Waals surface area contributed by atoms with Gasteiger partial charge in [-0.05, 0) is 31.4 Å². The van der Waals surface area contributed by atoms with Crippen LogP contribution in [0.5, 0.6) is 0 Å². The van der Waals surface area contributed by atoms with Crippen LogP contribution in [0.15, 0.2) is 28.7 Å². The van der Waals surface area contributed by atoms with Gasteiger partial charge in [-0.15, -0.1) is 0 Å². The molecule has 0 heterocycles. The average molecular weight is 328 g/mol. The van der Waals surface area contributed by atoms with Crippen molar-refractivity contribution in [1.82, 2.24) is 5.32 Å². The normalized spacial score (nSPS) is 13.6. The van der Waals surface area contributed by atoms with Crippen LogP contribution in [0.3, 0.4) is 0 Å². The molecule has 19 heavy (non-hydrogen) atoms. The lowest BCUT2D eigenvalue weighted by Crippen LogP contribution is -2.42. The Kier molecular flexibility index (Phi) is 6.02. The summed E-state index contributed by atoms with van der Waals surface area (Å²) in [5.41, 5.74) is 1.05. The van der Waals surface area contributed by atoms with Gasteiger partial charge in [0.1, 0.15) is 6.04 Å². The first-order valence-electron chi connectivity index (χ1n) is 6.22. The number of aliphatic carboxylic acids is 1. The molecule has 2 N–H and O–H groups in total. The highest BCUT2D eigenvalue weighted by molar-refractivity contribution is 9.10. The molecule has 4 nitrogen and oxygen atoms in total. The standard InChI is InChI=1S/C14H18BrNO3/c1-3-10(13(17)16-9(2)14(18)19)8-11-6-4-5-7-12(11)15/h4-7,9-10H,3,8H2,1-2H3,(H,16,17)(H,18,19)/t9-,10?/m1/s1. The predicted octanol–water partition coefficient (Wildman–Crippen LogP) is 2.61. The number of hydrogen-bond donors (Lipinski definition) is 2. The minimum atomic E-state index is -1.02. The molecule has 1 rings (SSSR count). The van der Waals surface area contributed by atoms with Crippen molar-refractivity contribution in [2.75, 3.05) is 0 Å². The van der Waals surface area contributed by atoms with Crippen molar-refractivity contribution in [3.8, 4) is 0 Å². The number of carboxylic acids is 1. The van der Waals surface area contributed by atoms with Crippen LogP contribution in [-0.4, -0.2) is 23.0 Å². The van der Waals surface area contributed by atoms with Gasteiger partial charge >= 0.3 is 5.97 Å². The number of halogens is 1. The van der Waals surface area contributed by atoms with E-state index in [-0.39, 0.29) is 11.8 Å². The zero-order valence-electron chi connectivity index (χ0n) is 11.0. The van der Waals surface area contributed by atoms with Gasteiger partial charge in [0.2, 0.25) is 5.91 Å². The monoisotopic (exact) mass is 327 g/mol. The van der Waals surface area contributed by atoms with Gasteiger partial charge in [-0.2, -0.15) is 0 Å². The second kappa shape index (κ2) is 7.28. The third-order valence-corrected chi connectivity index (χ3v) is 3.79. The van der Waals surface area contributed by atoms with E-state index in [9.17, 15) is 9.59 Å². The molecule has 2 atom stereocenters. The zero-order chi connectivity index (χ0) is 14.4. The summed E-state index contributed by atoms with van der Waals surface area (Å²) in [6.45, 7) is 3.39. The Bertz CT molecular complexity index is 462. The van der Waals surface area contributed by atoms with E-state index in [1.54, 1.807) is 0 Å². The average Bonchev–Trinajstić information content (AvgIpc) is 2.37. The van der Waals surface area contributed by atoms with Crippen LogP contribution in [0.25, 0.3) is 0 Å². The fraction of sp³-hybridized carbons (Fsp3) is 0.429. The lowest BCUT2D eigenvalue weighted by atomic mass is 9.96. The first-order valence-corrected chi connectivity index (χ1v) is 7.01. The van der Waals surface area contributed by atoms with Crippen LogP contribution < -0.4 is 5.32 Å². The Morgan fingerprint density at radius 3 is 2.53 bits per heavy atom. The molecule has 1 amide bonds. The van der Waals surface area contributed by atoms with Crippen molar-refractivity contribution >= 4 is 27.8 Å². The lowest BCUT2D eigenvalue weighted by Gasteiger charge is -2.17. The third kappa shape index (κ3) is 4.67. The van der Waals surface area contributed by atoms with E-state index < -0.39 is 12.0 Å². The summed E-state index contributed by atoms with van der Waals surface area (Å²) in [4.78, 5) is 22.8. The molecule has 0 saturated heterocycles. The smallest absolute Gasteiger partial charge is 0.325 e. The topological polar surface area (TPSA) is 66.4 Å². The van der Waals surface area contributed by atoms with Gasteiger partial charge in [0, 0.05) is 10.4 Å². The highest BCUT2D eigenvalue weighted by atomic mass is 79.9. The number of carboxylic acid groups (broad SMARTS) is 1. The molecule has 0 saturated carbocycles. The van der Waals surface area contributed by atoms with Crippen molar-refractivity contribution in [1.29, 1.82) is 0 Å². The zero-order valence-corrected chi connectivity index (χ0v) is 12.6. The highest BCUT2D eigenvalue weighted by Crippen LogP contribution is 2.21. The van der Waals surface area contributed by atoms with Gasteiger partial charge in [-0.25, -0.2) is 0 Å². The molecule has 5 heteroatoms. The Labute approximate surface area is 121 Å². The van der Waals surface area contributed by atoms with E-state index in [1.807, 2.05) is 31.2 Å². The Hall–Kier alpha value is -1.36. The quantitative estimate of drug-likeness (QED) is 0.844. The molecule has 0 aliphatic heterocycles. The minimum absolute atomic E-state index is 0.215. The summed E-state index contributed by atoms with van der Waals surface area (Å²) in [5, 5.41) is 11.3. The molecule has 0 bridgehead atoms. The molecule has 1 aromatic carbocycles. The number of nitrogens with one attached hydrogen (secondary N) is 1. The molecule has 104 valence electrons.